The quantitative estimate of drug-likeness (QED) is 0.866. The number of nitrogens with one attached hydrogen (secondary N) is 1. The molecule has 1 N–H and O–H groups in total. The first-order chi connectivity index (χ1) is 9.10. The van der Waals surface area contributed by atoms with Crippen molar-refractivity contribution >= 4 is 33.2 Å². The molecule has 0 aliphatic rings. The Morgan fingerprint density at radius 3 is 2.68 bits per heavy atom. The minimum absolute atomic E-state index is 0.635. The molecule has 2 nitrogen and oxygen atoms in total. The third-order valence-corrected chi connectivity index (χ3v) is 3.88. The largest absolute Gasteiger partial charge is 0.380 e. The van der Waals surface area contributed by atoms with E-state index in [1.165, 1.54) is 0 Å². The van der Waals surface area contributed by atoms with Crippen molar-refractivity contribution in [3.63, 3.8) is 0 Å². The Morgan fingerprint density at radius 1 is 1.26 bits per heavy atom. The Hall–Kier alpha value is -1.50. The Bertz CT molecular complexity index is 647. The highest BCUT2D eigenvalue weighted by molar-refractivity contribution is 9.10. The second-order valence-electron chi connectivity index (χ2n) is 4.24. The van der Waals surface area contributed by atoms with E-state index in [9.17, 15) is 0 Å². The molecular weight excluding hydrogens is 324 g/mol. The predicted octanol–water partition coefficient (Wildman–Crippen LogP) is 4.89. The van der Waals surface area contributed by atoms with Crippen LogP contribution < -0.4 is 5.32 Å². The number of aryl methyl sites for hydroxylation is 1. The van der Waals surface area contributed by atoms with Gasteiger partial charge in [-0.15, -0.1) is 0 Å². The molecule has 96 valence electrons. The van der Waals surface area contributed by atoms with Crippen molar-refractivity contribution < 1.29 is 0 Å². The van der Waals surface area contributed by atoms with E-state index in [0.717, 1.165) is 26.3 Å². The van der Waals surface area contributed by atoms with Gasteiger partial charge in [-0.1, -0.05) is 23.7 Å². The van der Waals surface area contributed by atoms with Crippen LogP contribution in [0.4, 0.5) is 5.69 Å². The van der Waals surface area contributed by atoms with Gasteiger partial charge in [-0.25, -0.2) is 0 Å². The van der Waals surface area contributed by atoms with Gasteiger partial charge in [0.15, 0.2) is 0 Å². The van der Waals surface area contributed by atoms with Crippen LogP contribution in [0.2, 0.25) is 5.02 Å². The number of nitriles is 1. The van der Waals surface area contributed by atoms with Crippen molar-refractivity contribution in [1.82, 2.24) is 0 Å². The van der Waals surface area contributed by atoms with Gasteiger partial charge >= 0.3 is 0 Å². The highest BCUT2D eigenvalue weighted by atomic mass is 79.9. The number of benzene rings is 2. The van der Waals surface area contributed by atoms with Gasteiger partial charge in [0.1, 0.15) is 0 Å². The van der Waals surface area contributed by atoms with E-state index in [-0.39, 0.29) is 0 Å². The predicted molar refractivity (Wildman–Crippen MR) is 82.4 cm³/mol. The Balaban J connectivity index is 2.10. The summed E-state index contributed by atoms with van der Waals surface area (Å²) in [6.07, 6.45) is 0. The first kappa shape index (κ1) is 13.9. The molecule has 0 saturated carbocycles. The molecule has 2 rings (SSSR count). The van der Waals surface area contributed by atoms with Crippen molar-refractivity contribution in [3.05, 3.63) is 62.6 Å². The fourth-order valence-corrected chi connectivity index (χ4v) is 2.39. The molecule has 0 saturated heterocycles. The van der Waals surface area contributed by atoms with E-state index in [0.29, 0.717) is 12.1 Å². The molecule has 0 aromatic heterocycles. The monoisotopic (exact) mass is 334 g/mol. The minimum atomic E-state index is 0.635. The summed E-state index contributed by atoms with van der Waals surface area (Å²) >= 11 is 9.54. The fourth-order valence-electron chi connectivity index (χ4n) is 1.67. The third kappa shape index (κ3) is 3.50. The summed E-state index contributed by atoms with van der Waals surface area (Å²) in [7, 11) is 0. The van der Waals surface area contributed by atoms with Crippen LogP contribution in [0, 0.1) is 18.3 Å². The summed E-state index contributed by atoms with van der Waals surface area (Å²) in [5.41, 5.74) is 3.78. The number of rotatable bonds is 3. The lowest BCUT2D eigenvalue weighted by molar-refractivity contribution is 1.14. The molecule has 4 heteroatoms. The molecule has 0 radical (unpaired) electrons. The van der Waals surface area contributed by atoms with Crippen LogP contribution >= 0.6 is 27.5 Å². The lowest BCUT2D eigenvalue weighted by Crippen LogP contribution is -2.00. The zero-order valence-corrected chi connectivity index (χ0v) is 12.7. The lowest BCUT2D eigenvalue weighted by Gasteiger charge is -2.09. The summed E-state index contributed by atoms with van der Waals surface area (Å²) in [5, 5.41) is 12.9. The van der Waals surface area contributed by atoms with E-state index in [4.69, 9.17) is 16.9 Å². The smallest absolute Gasteiger partial charge is 0.0992 e. The molecule has 0 bridgehead atoms. The van der Waals surface area contributed by atoms with E-state index in [1.54, 1.807) is 12.1 Å². The van der Waals surface area contributed by atoms with Crippen LogP contribution in [-0.2, 0) is 6.54 Å². The second-order valence-corrected chi connectivity index (χ2v) is 5.51. The molecule has 2 aromatic carbocycles. The van der Waals surface area contributed by atoms with Crippen molar-refractivity contribution in [1.29, 1.82) is 5.26 Å². The van der Waals surface area contributed by atoms with Gasteiger partial charge in [-0.05, 0) is 58.2 Å². The Kier molecular flexibility index (Phi) is 4.47. The van der Waals surface area contributed by atoms with Crippen molar-refractivity contribution in [3.8, 4) is 6.07 Å². The minimum Gasteiger partial charge on any atom is -0.380 e. The first-order valence-electron chi connectivity index (χ1n) is 5.78. The van der Waals surface area contributed by atoms with Crippen molar-refractivity contribution in [2.75, 3.05) is 5.32 Å². The summed E-state index contributed by atoms with van der Waals surface area (Å²) in [6, 6.07) is 13.6. The first-order valence-corrected chi connectivity index (χ1v) is 6.96. The molecule has 19 heavy (non-hydrogen) atoms. The zero-order valence-electron chi connectivity index (χ0n) is 10.4. The molecule has 0 amide bonds. The van der Waals surface area contributed by atoms with Gasteiger partial charge in [0.2, 0.25) is 0 Å². The van der Waals surface area contributed by atoms with Crippen molar-refractivity contribution in [2.24, 2.45) is 0 Å². The highest BCUT2D eigenvalue weighted by Gasteiger charge is 2.02. The summed E-state index contributed by atoms with van der Waals surface area (Å²) in [5.74, 6) is 0. The van der Waals surface area contributed by atoms with Gasteiger partial charge in [0.05, 0.1) is 11.6 Å². The average Bonchev–Trinajstić information content (AvgIpc) is 2.41. The van der Waals surface area contributed by atoms with Gasteiger partial charge in [0.25, 0.3) is 0 Å². The number of halogens is 2. The Morgan fingerprint density at radius 2 is 2.05 bits per heavy atom. The molecule has 0 atom stereocenters. The number of hydrogen-bond donors (Lipinski definition) is 1. The summed E-state index contributed by atoms with van der Waals surface area (Å²) in [4.78, 5) is 0. The molecule has 2 aromatic rings. The molecule has 0 aliphatic heterocycles. The maximum atomic E-state index is 8.81. The van der Waals surface area contributed by atoms with Crippen LogP contribution in [0.15, 0.2) is 40.9 Å². The second kappa shape index (κ2) is 6.10. The number of nitrogens with zero attached hydrogens (tertiary/aromatic N) is 1. The van der Waals surface area contributed by atoms with Gasteiger partial charge in [-0.3, -0.25) is 0 Å². The van der Waals surface area contributed by atoms with E-state index >= 15 is 0 Å². The molecule has 0 spiro atoms. The molecular formula is C15H12BrClN2. The van der Waals surface area contributed by atoms with Crippen LogP contribution in [0.1, 0.15) is 16.7 Å². The van der Waals surface area contributed by atoms with Crippen LogP contribution in [0.5, 0.6) is 0 Å². The molecule has 0 unspecified atom stereocenters. The van der Waals surface area contributed by atoms with E-state index in [2.05, 4.69) is 27.3 Å². The SMILES string of the molecule is Cc1ccc(CNc2ccc(C#N)cc2Br)cc1Cl. The third-order valence-electron chi connectivity index (χ3n) is 2.82. The highest BCUT2D eigenvalue weighted by Crippen LogP contribution is 2.24. The summed E-state index contributed by atoms with van der Waals surface area (Å²) in [6.45, 7) is 2.67. The Labute approximate surface area is 126 Å². The average molecular weight is 336 g/mol. The van der Waals surface area contributed by atoms with E-state index < -0.39 is 0 Å². The number of anilines is 1. The standard InChI is InChI=1S/C15H12BrClN2/c1-10-2-3-12(7-14(10)17)9-19-15-5-4-11(8-18)6-13(15)16/h2-7,19H,9H2,1H3. The lowest BCUT2D eigenvalue weighted by atomic mass is 10.1. The van der Waals surface area contributed by atoms with Crippen LogP contribution in [-0.4, -0.2) is 0 Å². The van der Waals surface area contributed by atoms with Crippen LogP contribution in [0.25, 0.3) is 0 Å². The summed E-state index contributed by atoms with van der Waals surface area (Å²) < 4.78 is 0.879. The number of hydrogen-bond acceptors (Lipinski definition) is 2. The topological polar surface area (TPSA) is 35.8 Å². The fraction of sp³-hybridized carbons (Fsp3) is 0.133. The van der Waals surface area contributed by atoms with Gasteiger partial charge in [-0.2, -0.15) is 5.26 Å². The maximum absolute atomic E-state index is 8.81. The molecule has 0 heterocycles. The zero-order chi connectivity index (χ0) is 13.8. The van der Waals surface area contributed by atoms with Crippen LogP contribution in [0.3, 0.4) is 0 Å². The van der Waals surface area contributed by atoms with Crippen molar-refractivity contribution in [2.45, 2.75) is 13.5 Å². The molecule has 0 aliphatic carbocycles. The van der Waals surface area contributed by atoms with Gasteiger partial charge < -0.3 is 5.32 Å². The maximum Gasteiger partial charge on any atom is 0.0992 e. The molecule has 0 fully saturated rings. The van der Waals surface area contributed by atoms with Gasteiger partial charge in [0, 0.05) is 21.7 Å². The van der Waals surface area contributed by atoms with E-state index in [1.807, 2.05) is 31.2 Å². The normalized spacial score (nSPS) is 10.0.